The Morgan fingerprint density at radius 3 is 1.88 bits per heavy atom. The molecule has 8 heteroatoms. The maximum absolute atomic E-state index is 12.4. The monoisotopic (exact) mass is 372 g/mol. The van der Waals surface area contributed by atoms with Crippen LogP contribution < -0.4 is 5.32 Å². The largest absolute Gasteiger partial charge is 0.480 e. The molecule has 8 nitrogen and oxygen atoms in total. The van der Waals surface area contributed by atoms with Gasteiger partial charge >= 0.3 is 18.2 Å². The lowest BCUT2D eigenvalue weighted by molar-refractivity contribution is -0.139. The number of hydrogen-bond acceptors (Lipinski definition) is 5. The fourth-order valence-corrected chi connectivity index (χ4v) is 2.82. The number of alkyl carbamates (subject to hydrolysis) is 1. The molecule has 0 aromatic rings. The van der Waals surface area contributed by atoms with Crippen molar-refractivity contribution in [2.45, 2.75) is 90.5 Å². The number of ether oxygens (including phenoxy) is 2. The van der Waals surface area contributed by atoms with E-state index < -0.39 is 35.9 Å². The molecule has 0 bridgehead atoms. The fourth-order valence-electron chi connectivity index (χ4n) is 2.82. The first-order valence-electron chi connectivity index (χ1n) is 8.98. The van der Waals surface area contributed by atoms with Crippen molar-refractivity contribution in [2.75, 3.05) is 6.54 Å². The van der Waals surface area contributed by atoms with Crippen LogP contribution in [-0.4, -0.2) is 58.0 Å². The third-order valence-electron chi connectivity index (χ3n) is 3.79. The van der Waals surface area contributed by atoms with Crippen LogP contribution in [0.15, 0.2) is 0 Å². The number of rotatable bonds is 4. The van der Waals surface area contributed by atoms with Gasteiger partial charge in [0, 0.05) is 12.1 Å². The van der Waals surface area contributed by atoms with Crippen molar-refractivity contribution < 1.29 is 29.0 Å². The summed E-state index contributed by atoms with van der Waals surface area (Å²) in [7, 11) is 0. The summed E-state index contributed by atoms with van der Waals surface area (Å²) in [5.41, 5.74) is -1.25. The summed E-state index contributed by atoms with van der Waals surface area (Å²) < 4.78 is 10.6. The lowest BCUT2D eigenvalue weighted by atomic mass is 9.90. The molecule has 150 valence electrons. The van der Waals surface area contributed by atoms with Gasteiger partial charge in [0.15, 0.2) is 0 Å². The van der Waals surface area contributed by atoms with Gasteiger partial charge in [-0.15, -0.1) is 0 Å². The zero-order valence-electron chi connectivity index (χ0n) is 16.6. The van der Waals surface area contributed by atoms with E-state index in [9.17, 15) is 14.4 Å². The van der Waals surface area contributed by atoms with Gasteiger partial charge in [0.2, 0.25) is 0 Å². The van der Waals surface area contributed by atoms with Crippen molar-refractivity contribution in [1.82, 2.24) is 10.2 Å². The van der Waals surface area contributed by atoms with E-state index in [0.717, 1.165) is 0 Å². The Balaban J connectivity index is 2.62. The summed E-state index contributed by atoms with van der Waals surface area (Å²) in [6.45, 7) is 10.2. The number of carbonyl (C=O) groups is 3. The second kappa shape index (κ2) is 8.60. The molecule has 2 amide bonds. The Hall–Kier alpha value is -1.99. The second-order valence-electron chi connectivity index (χ2n) is 8.65. The molecule has 0 aromatic heterocycles. The minimum absolute atomic E-state index is 0.0496. The Kier molecular flexibility index (Phi) is 7.29. The van der Waals surface area contributed by atoms with Crippen LogP contribution in [0.2, 0.25) is 0 Å². The van der Waals surface area contributed by atoms with Crippen LogP contribution in [0.5, 0.6) is 0 Å². The van der Waals surface area contributed by atoms with E-state index in [4.69, 9.17) is 14.6 Å². The van der Waals surface area contributed by atoms with Crippen molar-refractivity contribution >= 4 is 18.2 Å². The third-order valence-corrected chi connectivity index (χ3v) is 3.79. The number of carbonyl (C=O) groups excluding carboxylic acids is 2. The van der Waals surface area contributed by atoms with E-state index >= 15 is 0 Å². The van der Waals surface area contributed by atoms with Gasteiger partial charge in [-0.3, -0.25) is 9.69 Å². The van der Waals surface area contributed by atoms with E-state index in [1.807, 2.05) is 0 Å². The predicted molar refractivity (Wildman–Crippen MR) is 96.0 cm³/mol. The number of aliphatic carboxylic acids is 1. The van der Waals surface area contributed by atoms with E-state index in [-0.39, 0.29) is 12.1 Å². The molecule has 1 rings (SSSR count). The van der Waals surface area contributed by atoms with Crippen LogP contribution in [0.3, 0.4) is 0 Å². The lowest BCUT2D eigenvalue weighted by Crippen LogP contribution is -2.49. The highest BCUT2D eigenvalue weighted by molar-refractivity contribution is 5.77. The van der Waals surface area contributed by atoms with E-state index in [2.05, 4.69) is 5.32 Å². The molecule has 0 saturated heterocycles. The number of nitrogens with one attached hydrogen (secondary N) is 1. The third kappa shape index (κ3) is 8.40. The zero-order valence-corrected chi connectivity index (χ0v) is 16.6. The SMILES string of the molecule is CC(C)(C)OC(=O)NC1CCC(N(CC(=O)O)C(=O)OC(C)(C)C)CC1. The Morgan fingerprint density at radius 1 is 0.962 bits per heavy atom. The average Bonchev–Trinajstić information content (AvgIpc) is 2.41. The van der Waals surface area contributed by atoms with E-state index in [1.54, 1.807) is 41.5 Å². The minimum Gasteiger partial charge on any atom is -0.480 e. The molecular weight excluding hydrogens is 340 g/mol. The number of hydrogen-bond donors (Lipinski definition) is 2. The first-order chi connectivity index (χ1) is 11.8. The average molecular weight is 372 g/mol. The molecule has 1 saturated carbocycles. The van der Waals surface area contributed by atoms with Crippen molar-refractivity contribution in [3.05, 3.63) is 0 Å². The summed E-state index contributed by atoms with van der Waals surface area (Å²) in [6.07, 6.45) is 1.38. The van der Waals surface area contributed by atoms with Crippen molar-refractivity contribution in [3.8, 4) is 0 Å². The minimum atomic E-state index is -1.08. The molecule has 0 heterocycles. The summed E-state index contributed by atoms with van der Waals surface area (Å²) in [6, 6.07) is -0.274. The number of nitrogens with zero attached hydrogens (tertiary/aromatic N) is 1. The summed E-state index contributed by atoms with van der Waals surface area (Å²) in [5, 5.41) is 11.9. The molecule has 1 fully saturated rings. The highest BCUT2D eigenvalue weighted by Crippen LogP contribution is 2.25. The summed E-state index contributed by atoms with van der Waals surface area (Å²) in [4.78, 5) is 36.6. The number of carboxylic acids is 1. The smallest absolute Gasteiger partial charge is 0.411 e. The molecular formula is C18H32N2O6. The van der Waals surface area contributed by atoms with Crippen LogP contribution >= 0.6 is 0 Å². The lowest BCUT2D eigenvalue weighted by Gasteiger charge is -2.37. The van der Waals surface area contributed by atoms with Crippen molar-refractivity contribution in [2.24, 2.45) is 0 Å². The molecule has 0 aromatic carbocycles. The predicted octanol–water partition coefficient (Wildman–Crippen LogP) is 3.14. The fraction of sp³-hybridized carbons (Fsp3) is 0.833. The normalized spacial score (nSPS) is 20.8. The van der Waals surface area contributed by atoms with Gasteiger partial charge in [-0.05, 0) is 67.2 Å². The molecule has 0 unspecified atom stereocenters. The van der Waals surface area contributed by atoms with Gasteiger partial charge in [0.05, 0.1) is 0 Å². The maximum atomic E-state index is 12.4. The molecule has 1 aliphatic rings. The molecule has 0 aliphatic heterocycles. The topological polar surface area (TPSA) is 105 Å². The Bertz CT molecular complexity index is 513. The van der Waals surface area contributed by atoms with E-state index in [1.165, 1.54) is 4.90 Å². The van der Waals surface area contributed by atoms with Gasteiger partial charge in [0.25, 0.3) is 0 Å². The van der Waals surface area contributed by atoms with Crippen molar-refractivity contribution in [1.29, 1.82) is 0 Å². The number of amides is 2. The molecule has 2 N–H and O–H groups in total. The highest BCUT2D eigenvalue weighted by atomic mass is 16.6. The summed E-state index contributed by atoms with van der Waals surface area (Å²) in [5.74, 6) is -1.08. The molecule has 1 aliphatic carbocycles. The van der Waals surface area contributed by atoms with E-state index in [0.29, 0.717) is 25.7 Å². The van der Waals surface area contributed by atoms with Gasteiger partial charge in [0.1, 0.15) is 17.7 Å². The molecule has 0 radical (unpaired) electrons. The van der Waals surface area contributed by atoms with Crippen molar-refractivity contribution in [3.63, 3.8) is 0 Å². The van der Waals surface area contributed by atoms with Crippen LogP contribution in [0.25, 0.3) is 0 Å². The summed E-state index contributed by atoms with van der Waals surface area (Å²) >= 11 is 0. The van der Waals surface area contributed by atoms with Gasteiger partial charge in [-0.2, -0.15) is 0 Å². The van der Waals surface area contributed by atoms with Crippen LogP contribution in [0.4, 0.5) is 9.59 Å². The van der Waals surface area contributed by atoms with Crippen LogP contribution in [-0.2, 0) is 14.3 Å². The number of carboxylic acid groups (broad SMARTS) is 1. The standard InChI is InChI=1S/C18H32N2O6/c1-17(2,3)25-15(23)19-12-7-9-13(10-8-12)20(11-14(21)22)16(24)26-18(4,5)6/h12-13H,7-11H2,1-6H3,(H,19,23)(H,21,22). The Morgan fingerprint density at radius 2 is 1.46 bits per heavy atom. The molecule has 0 spiro atoms. The Labute approximate surface area is 155 Å². The zero-order chi connectivity index (χ0) is 20.1. The first kappa shape index (κ1) is 22.1. The first-order valence-corrected chi connectivity index (χ1v) is 8.98. The van der Waals surface area contributed by atoms with Crippen LogP contribution in [0, 0.1) is 0 Å². The van der Waals surface area contributed by atoms with Crippen LogP contribution in [0.1, 0.15) is 67.2 Å². The van der Waals surface area contributed by atoms with Gasteiger partial charge in [-0.1, -0.05) is 0 Å². The van der Waals surface area contributed by atoms with Gasteiger partial charge in [-0.25, -0.2) is 9.59 Å². The quantitative estimate of drug-likeness (QED) is 0.785. The molecule has 0 atom stereocenters. The van der Waals surface area contributed by atoms with Gasteiger partial charge < -0.3 is 19.9 Å². The molecule has 26 heavy (non-hydrogen) atoms. The second-order valence-corrected chi connectivity index (χ2v) is 8.65. The maximum Gasteiger partial charge on any atom is 0.411 e. The highest BCUT2D eigenvalue weighted by Gasteiger charge is 2.33.